The molecule has 1 rings (SSSR count). The highest BCUT2D eigenvalue weighted by atomic mass is 16.5. The molecule has 0 amide bonds. The summed E-state index contributed by atoms with van der Waals surface area (Å²) in [5, 5.41) is 3.42. The molecular formula is C15H25NO2. The van der Waals surface area contributed by atoms with Crippen molar-refractivity contribution in [1.29, 1.82) is 0 Å². The molecule has 0 aliphatic heterocycles. The summed E-state index contributed by atoms with van der Waals surface area (Å²) >= 11 is 0. The topological polar surface area (TPSA) is 30.5 Å². The van der Waals surface area contributed by atoms with Crippen LogP contribution in [0.25, 0.3) is 0 Å². The third-order valence-electron chi connectivity index (χ3n) is 2.48. The molecule has 1 aromatic carbocycles. The third kappa shape index (κ3) is 6.62. The summed E-state index contributed by atoms with van der Waals surface area (Å²) in [4.78, 5) is 0. The van der Waals surface area contributed by atoms with Crippen LogP contribution in [-0.4, -0.2) is 26.4 Å². The molecule has 3 nitrogen and oxygen atoms in total. The van der Waals surface area contributed by atoms with E-state index in [2.05, 4.69) is 31.3 Å². The highest BCUT2D eigenvalue weighted by Gasteiger charge is 1.98. The van der Waals surface area contributed by atoms with E-state index in [1.807, 2.05) is 19.1 Å². The Labute approximate surface area is 110 Å². The van der Waals surface area contributed by atoms with E-state index < -0.39 is 0 Å². The van der Waals surface area contributed by atoms with Crippen molar-refractivity contribution in [2.45, 2.75) is 27.3 Å². The Bertz CT molecular complexity index is 326. The summed E-state index contributed by atoms with van der Waals surface area (Å²) in [5.41, 5.74) is 1.25. The van der Waals surface area contributed by atoms with Crippen molar-refractivity contribution < 1.29 is 9.47 Å². The first kappa shape index (κ1) is 15.0. The fourth-order valence-electron chi connectivity index (χ4n) is 1.61. The predicted octanol–water partition coefficient (Wildman–Crippen LogP) is 2.85. The van der Waals surface area contributed by atoms with Crippen LogP contribution in [0.3, 0.4) is 0 Å². The van der Waals surface area contributed by atoms with Crippen molar-refractivity contribution in [3.8, 4) is 5.75 Å². The Kier molecular flexibility index (Phi) is 7.46. The zero-order valence-corrected chi connectivity index (χ0v) is 11.7. The van der Waals surface area contributed by atoms with Crippen LogP contribution in [0, 0.1) is 5.92 Å². The van der Waals surface area contributed by atoms with E-state index in [0.717, 1.165) is 25.4 Å². The molecule has 0 saturated heterocycles. The average molecular weight is 251 g/mol. The molecule has 0 saturated carbocycles. The monoisotopic (exact) mass is 251 g/mol. The predicted molar refractivity (Wildman–Crippen MR) is 75.0 cm³/mol. The molecule has 0 aliphatic rings. The van der Waals surface area contributed by atoms with E-state index in [-0.39, 0.29) is 0 Å². The van der Waals surface area contributed by atoms with Crippen molar-refractivity contribution in [2.24, 2.45) is 5.92 Å². The van der Waals surface area contributed by atoms with Gasteiger partial charge in [-0.3, -0.25) is 0 Å². The van der Waals surface area contributed by atoms with Gasteiger partial charge in [0.15, 0.2) is 0 Å². The van der Waals surface area contributed by atoms with Crippen molar-refractivity contribution >= 4 is 0 Å². The Hall–Kier alpha value is -1.06. The fourth-order valence-corrected chi connectivity index (χ4v) is 1.61. The van der Waals surface area contributed by atoms with Gasteiger partial charge >= 0.3 is 0 Å². The summed E-state index contributed by atoms with van der Waals surface area (Å²) in [6.07, 6.45) is 0. The van der Waals surface area contributed by atoms with Crippen LogP contribution in [0.5, 0.6) is 5.75 Å². The number of rotatable bonds is 9. The molecule has 0 bridgehead atoms. The lowest BCUT2D eigenvalue weighted by molar-refractivity contribution is 0.110. The molecular weight excluding hydrogens is 226 g/mol. The zero-order chi connectivity index (χ0) is 13.2. The van der Waals surface area contributed by atoms with Crippen molar-refractivity contribution in [3.63, 3.8) is 0 Å². The lowest BCUT2D eigenvalue weighted by Gasteiger charge is -2.10. The second kappa shape index (κ2) is 8.95. The smallest absolute Gasteiger partial charge is 0.119 e. The first-order chi connectivity index (χ1) is 8.72. The second-order valence-electron chi connectivity index (χ2n) is 4.72. The number of hydrogen-bond acceptors (Lipinski definition) is 3. The van der Waals surface area contributed by atoms with Gasteiger partial charge in [-0.2, -0.15) is 0 Å². The molecule has 0 spiro atoms. The minimum absolute atomic E-state index is 0.608. The maximum atomic E-state index is 5.62. The van der Waals surface area contributed by atoms with Gasteiger partial charge < -0.3 is 14.8 Å². The second-order valence-corrected chi connectivity index (χ2v) is 4.72. The number of ether oxygens (including phenoxy) is 2. The van der Waals surface area contributed by atoms with Gasteiger partial charge in [-0.05, 0) is 37.1 Å². The molecule has 0 heterocycles. The van der Waals surface area contributed by atoms with Gasteiger partial charge in [-0.25, -0.2) is 0 Å². The normalized spacial score (nSPS) is 10.9. The lowest BCUT2D eigenvalue weighted by Crippen LogP contribution is -2.18. The van der Waals surface area contributed by atoms with Crippen molar-refractivity contribution in [2.75, 3.05) is 26.4 Å². The summed E-state index contributed by atoms with van der Waals surface area (Å²) < 4.78 is 10.9. The van der Waals surface area contributed by atoms with Gasteiger partial charge in [0.2, 0.25) is 0 Å². The van der Waals surface area contributed by atoms with E-state index >= 15 is 0 Å². The highest BCUT2D eigenvalue weighted by Crippen LogP contribution is 2.13. The standard InChI is InChI=1S/C15H25NO2/c1-4-17-8-9-18-15-7-5-6-14(10-15)12-16-11-13(2)3/h5-7,10,13,16H,4,8-9,11-12H2,1-3H3. The molecule has 1 aromatic rings. The fraction of sp³-hybridized carbons (Fsp3) is 0.600. The third-order valence-corrected chi connectivity index (χ3v) is 2.48. The molecule has 3 heteroatoms. The molecule has 1 N–H and O–H groups in total. The zero-order valence-electron chi connectivity index (χ0n) is 11.7. The Morgan fingerprint density at radius 2 is 2.06 bits per heavy atom. The number of nitrogens with one attached hydrogen (secondary N) is 1. The SMILES string of the molecule is CCOCCOc1cccc(CNCC(C)C)c1. The minimum atomic E-state index is 0.608. The molecule has 0 radical (unpaired) electrons. The molecule has 0 unspecified atom stereocenters. The van der Waals surface area contributed by atoms with Crippen molar-refractivity contribution in [1.82, 2.24) is 5.32 Å². The van der Waals surface area contributed by atoms with E-state index in [9.17, 15) is 0 Å². The molecule has 0 atom stereocenters. The van der Waals surface area contributed by atoms with Gasteiger partial charge in [0, 0.05) is 13.2 Å². The van der Waals surface area contributed by atoms with Crippen LogP contribution < -0.4 is 10.1 Å². The Morgan fingerprint density at radius 3 is 2.78 bits per heavy atom. The molecule has 102 valence electrons. The maximum absolute atomic E-state index is 5.62. The van der Waals surface area contributed by atoms with Crippen LogP contribution in [-0.2, 0) is 11.3 Å². The van der Waals surface area contributed by atoms with Crippen molar-refractivity contribution in [3.05, 3.63) is 29.8 Å². The largest absolute Gasteiger partial charge is 0.491 e. The molecule has 0 fully saturated rings. The van der Waals surface area contributed by atoms with Gasteiger partial charge in [0.05, 0.1) is 6.61 Å². The average Bonchev–Trinajstić information content (AvgIpc) is 2.35. The van der Waals surface area contributed by atoms with Gasteiger partial charge in [0.25, 0.3) is 0 Å². The van der Waals surface area contributed by atoms with Gasteiger partial charge in [-0.1, -0.05) is 26.0 Å². The summed E-state index contributed by atoms with van der Waals surface area (Å²) in [7, 11) is 0. The highest BCUT2D eigenvalue weighted by molar-refractivity contribution is 5.28. The lowest BCUT2D eigenvalue weighted by atomic mass is 10.2. The van der Waals surface area contributed by atoms with Crippen LogP contribution >= 0.6 is 0 Å². The molecule has 0 aliphatic carbocycles. The van der Waals surface area contributed by atoms with Crippen LogP contribution in [0.2, 0.25) is 0 Å². The number of hydrogen-bond donors (Lipinski definition) is 1. The first-order valence-corrected chi connectivity index (χ1v) is 6.72. The van der Waals surface area contributed by atoms with Gasteiger partial charge in [-0.15, -0.1) is 0 Å². The first-order valence-electron chi connectivity index (χ1n) is 6.72. The quantitative estimate of drug-likeness (QED) is 0.685. The van der Waals surface area contributed by atoms with Crippen LogP contribution in [0.15, 0.2) is 24.3 Å². The molecule has 0 aromatic heterocycles. The van der Waals surface area contributed by atoms with E-state index in [0.29, 0.717) is 19.1 Å². The minimum Gasteiger partial charge on any atom is -0.491 e. The van der Waals surface area contributed by atoms with Crippen LogP contribution in [0.1, 0.15) is 26.3 Å². The van der Waals surface area contributed by atoms with Crippen LogP contribution in [0.4, 0.5) is 0 Å². The maximum Gasteiger partial charge on any atom is 0.119 e. The summed E-state index contributed by atoms with van der Waals surface area (Å²) in [5.74, 6) is 1.59. The Balaban J connectivity index is 2.32. The van der Waals surface area contributed by atoms with E-state index in [1.54, 1.807) is 0 Å². The van der Waals surface area contributed by atoms with E-state index in [1.165, 1.54) is 5.56 Å². The summed E-state index contributed by atoms with van der Waals surface area (Å²) in [6.45, 7) is 10.3. The summed E-state index contributed by atoms with van der Waals surface area (Å²) in [6, 6.07) is 8.21. The number of benzene rings is 1. The van der Waals surface area contributed by atoms with Gasteiger partial charge in [0.1, 0.15) is 12.4 Å². The molecule has 18 heavy (non-hydrogen) atoms. The van der Waals surface area contributed by atoms with E-state index in [4.69, 9.17) is 9.47 Å². The Morgan fingerprint density at radius 1 is 1.22 bits per heavy atom.